The fraction of sp³-hybridized carbons (Fsp3) is 0.278. The van der Waals surface area contributed by atoms with Gasteiger partial charge in [-0.3, -0.25) is 4.79 Å². The van der Waals surface area contributed by atoms with Crippen molar-refractivity contribution in [3.8, 4) is 0 Å². The van der Waals surface area contributed by atoms with Crippen LogP contribution in [0.25, 0.3) is 11.0 Å². The van der Waals surface area contributed by atoms with E-state index in [1.807, 2.05) is 31.3 Å². The molecule has 2 aromatic heterocycles. The highest BCUT2D eigenvalue weighted by atomic mass is 16.1. The van der Waals surface area contributed by atoms with Crippen molar-refractivity contribution in [2.75, 3.05) is 24.5 Å². The summed E-state index contributed by atoms with van der Waals surface area (Å²) in [5.74, 6) is 0.786. The van der Waals surface area contributed by atoms with Gasteiger partial charge in [0.15, 0.2) is 0 Å². The summed E-state index contributed by atoms with van der Waals surface area (Å²) in [4.78, 5) is 26.1. The number of anilines is 1. The van der Waals surface area contributed by atoms with Gasteiger partial charge in [-0.1, -0.05) is 18.2 Å². The average Bonchev–Trinajstić information content (AvgIpc) is 2.99. The van der Waals surface area contributed by atoms with E-state index in [-0.39, 0.29) is 5.91 Å². The summed E-state index contributed by atoms with van der Waals surface area (Å²) in [6.45, 7) is 3.73. The zero-order chi connectivity index (χ0) is 17.4. The number of aromatic nitrogens is 3. The van der Waals surface area contributed by atoms with Gasteiger partial charge in [-0.15, -0.1) is 0 Å². The smallest absolute Gasteiger partial charge is 0.251 e. The van der Waals surface area contributed by atoms with Crippen molar-refractivity contribution in [2.24, 2.45) is 5.73 Å². The summed E-state index contributed by atoms with van der Waals surface area (Å²) < 4.78 is 0. The van der Waals surface area contributed by atoms with E-state index in [0.717, 1.165) is 22.4 Å². The summed E-state index contributed by atoms with van der Waals surface area (Å²) in [7, 11) is 0. The SMILES string of the molecule is Cc1c[nH]c2ncnc(N3CC(N)(CNC(=O)c4ccccc4)C3)c12. The molecular formula is C18H20N6O. The molecule has 4 rings (SSSR count). The van der Waals surface area contributed by atoms with Crippen molar-refractivity contribution in [3.63, 3.8) is 0 Å². The lowest BCUT2D eigenvalue weighted by Crippen LogP contribution is -2.72. The van der Waals surface area contributed by atoms with Crippen LogP contribution in [0.2, 0.25) is 0 Å². The van der Waals surface area contributed by atoms with Gasteiger partial charge in [0.25, 0.3) is 5.91 Å². The molecule has 7 heteroatoms. The third kappa shape index (κ3) is 2.83. The highest BCUT2D eigenvalue weighted by Crippen LogP contribution is 2.31. The molecule has 1 aliphatic rings. The maximum Gasteiger partial charge on any atom is 0.251 e. The number of nitrogens with zero attached hydrogens (tertiary/aromatic N) is 3. The number of aryl methyl sites for hydroxylation is 1. The van der Waals surface area contributed by atoms with Gasteiger partial charge >= 0.3 is 0 Å². The first-order chi connectivity index (χ1) is 12.1. The Morgan fingerprint density at radius 3 is 2.84 bits per heavy atom. The first kappa shape index (κ1) is 15.6. The minimum absolute atomic E-state index is 0.102. The number of rotatable bonds is 4. The second-order valence-electron chi connectivity index (χ2n) is 6.66. The van der Waals surface area contributed by atoms with Crippen LogP contribution in [-0.2, 0) is 0 Å². The summed E-state index contributed by atoms with van der Waals surface area (Å²) in [5.41, 5.74) is 8.53. The van der Waals surface area contributed by atoms with Crippen LogP contribution in [0, 0.1) is 6.92 Å². The minimum atomic E-state index is -0.452. The van der Waals surface area contributed by atoms with Crippen LogP contribution in [0.15, 0.2) is 42.9 Å². The lowest BCUT2D eigenvalue weighted by atomic mass is 9.90. The van der Waals surface area contributed by atoms with E-state index in [9.17, 15) is 4.79 Å². The number of amides is 1. The number of H-pyrrole nitrogens is 1. The maximum absolute atomic E-state index is 12.2. The third-order valence-electron chi connectivity index (χ3n) is 4.60. The van der Waals surface area contributed by atoms with Crippen molar-refractivity contribution < 1.29 is 4.79 Å². The van der Waals surface area contributed by atoms with Crippen molar-refractivity contribution in [2.45, 2.75) is 12.5 Å². The molecule has 0 atom stereocenters. The Labute approximate surface area is 145 Å². The van der Waals surface area contributed by atoms with Crippen LogP contribution in [-0.4, -0.2) is 46.0 Å². The third-order valence-corrected chi connectivity index (χ3v) is 4.60. The number of carbonyl (C=O) groups excluding carboxylic acids is 1. The van der Waals surface area contributed by atoms with Gasteiger partial charge in [0, 0.05) is 31.4 Å². The number of aromatic amines is 1. The molecule has 0 bridgehead atoms. The van der Waals surface area contributed by atoms with Gasteiger partial charge in [0.05, 0.1) is 10.9 Å². The fourth-order valence-electron chi connectivity index (χ4n) is 3.26. The number of nitrogens with one attached hydrogen (secondary N) is 2. The molecule has 0 aliphatic carbocycles. The molecule has 1 aliphatic heterocycles. The van der Waals surface area contributed by atoms with E-state index in [0.29, 0.717) is 25.2 Å². The molecule has 25 heavy (non-hydrogen) atoms. The zero-order valence-corrected chi connectivity index (χ0v) is 14.0. The van der Waals surface area contributed by atoms with E-state index in [1.165, 1.54) is 0 Å². The Bertz CT molecular complexity index is 914. The number of fused-ring (bicyclic) bond motifs is 1. The Morgan fingerprint density at radius 2 is 2.08 bits per heavy atom. The van der Waals surface area contributed by atoms with Crippen LogP contribution in [0.1, 0.15) is 15.9 Å². The molecule has 0 spiro atoms. The monoisotopic (exact) mass is 336 g/mol. The molecule has 1 saturated heterocycles. The highest BCUT2D eigenvalue weighted by Gasteiger charge is 2.41. The quantitative estimate of drug-likeness (QED) is 0.665. The van der Waals surface area contributed by atoms with E-state index in [1.54, 1.807) is 18.5 Å². The number of hydrogen-bond acceptors (Lipinski definition) is 5. The number of benzene rings is 1. The average molecular weight is 336 g/mol. The Kier molecular flexibility index (Phi) is 3.65. The van der Waals surface area contributed by atoms with Gasteiger partial charge in [-0.05, 0) is 24.6 Å². The molecule has 1 aromatic carbocycles. The molecule has 3 aromatic rings. The van der Waals surface area contributed by atoms with Crippen molar-refractivity contribution >= 4 is 22.8 Å². The highest BCUT2D eigenvalue weighted by molar-refractivity contribution is 5.94. The predicted octanol–water partition coefficient (Wildman–Crippen LogP) is 1.21. The van der Waals surface area contributed by atoms with Crippen LogP contribution < -0.4 is 16.0 Å². The van der Waals surface area contributed by atoms with Crippen LogP contribution >= 0.6 is 0 Å². The molecule has 7 nitrogen and oxygen atoms in total. The summed E-state index contributed by atoms with van der Waals surface area (Å²) in [6.07, 6.45) is 3.49. The Balaban J connectivity index is 1.42. The molecule has 1 amide bonds. The normalized spacial score (nSPS) is 15.8. The first-order valence-electron chi connectivity index (χ1n) is 8.21. The number of carbonyl (C=O) groups is 1. The summed E-state index contributed by atoms with van der Waals surface area (Å²) in [5, 5.41) is 3.95. The lowest BCUT2D eigenvalue weighted by Gasteiger charge is -2.48. The Morgan fingerprint density at radius 1 is 1.32 bits per heavy atom. The molecule has 1 fully saturated rings. The minimum Gasteiger partial charge on any atom is -0.352 e. The van der Waals surface area contributed by atoms with Gasteiger partial charge in [0.2, 0.25) is 0 Å². The largest absolute Gasteiger partial charge is 0.352 e. The topological polar surface area (TPSA) is 99.9 Å². The molecule has 0 unspecified atom stereocenters. The number of hydrogen-bond donors (Lipinski definition) is 3. The molecule has 3 heterocycles. The summed E-state index contributed by atoms with van der Waals surface area (Å²) in [6, 6.07) is 9.15. The maximum atomic E-state index is 12.2. The Hall–Kier alpha value is -2.93. The van der Waals surface area contributed by atoms with Gasteiger partial charge < -0.3 is 20.9 Å². The molecular weight excluding hydrogens is 316 g/mol. The van der Waals surface area contributed by atoms with Crippen LogP contribution in [0.5, 0.6) is 0 Å². The van der Waals surface area contributed by atoms with Gasteiger partial charge in [-0.2, -0.15) is 0 Å². The van der Waals surface area contributed by atoms with Crippen molar-refractivity contribution in [1.82, 2.24) is 20.3 Å². The second kappa shape index (κ2) is 5.86. The molecule has 0 radical (unpaired) electrons. The molecule has 0 saturated carbocycles. The van der Waals surface area contributed by atoms with E-state index in [2.05, 4.69) is 25.2 Å². The number of nitrogens with two attached hydrogens (primary N) is 1. The van der Waals surface area contributed by atoms with Crippen LogP contribution in [0.3, 0.4) is 0 Å². The standard InChI is InChI=1S/C18H20N6O/c1-12-7-20-15-14(12)16(23-11-22-15)24-9-18(19,10-24)8-21-17(25)13-5-3-2-4-6-13/h2-7,11H,8-10,19H2,1H3,(H,21,25)(H,20,22,23). The van der Waals surface area contributed by atoms with Crippen molar-refractivity contribution in [1.29, 1.82) is 0 Å². The fourth-order valence-corrected chi connectivity index (χ4v) is 3.26. The zero-order valence-electron chi connectivity index (χ0n) is 14.0. The van der Waals surface area contributed by atoms with Crippen molar-refractivity contribution in [3.05, 3.63) is 54.0 Å². The lowest BCUT2D eigenvalue weighted by molar-refractivity contribution is 0.0939. The van der Waals surface area contributed by atoms with E-state index >= 15 is 0 Å². The van der Waals surface area contributed by atoms with E-state index < -0.39 is 5.54 Å². The second-order valence-corrected chi connectivity index (χ2v) is 6.66. The molecule has 4 N–H and O–H groups in total. The van der Waals surface area contributed by atoms with Crippen LogP contribution in [0.4, 0.5) is 5.82 Å². The predicted molar refractivity (Wildman–Crippen MR) is 96.5 cm³/mol. The van der Waals surface area contributed by atoms with E-state index in [4.69, 9.17) is 5.73 Å². The first-order valence-corrected chi connectivity index (χ1v) is 8.21. The van der Waals surface area contributed by atoms with Gasteiger partial charge in [-0.25, -0.2) is 9.97 Å². The molecule has 128 valence electrons. The summed E-state index contributed by atoms with van der Waals surface area (Å²) >= 11 is 0. The van der Waals surface area contributed by atoms with Gasteiger partial charge in [0.1, 0.15) is 17.8 Å².